The van der Waals surface area contributed by atoms with Crippen LogP contribution in [0.15, 0.2) is 24.3 Å². The number of unbranched alkanes of at least 4 members (excludes halogenated alkanes) is 1. The summed E-state index contributed by atoms with van der Waals surface area (Å²) < 4.78 is 0. The zero-order valence-electron chi connectivity index (χ0n) is 16.2. The lowest BCUT2D eigenvalue weighted by atomic mass is 9.92. The fourth-order valence-electron chi connectivity index (χ4n) is 3.70. The zero-order valence-corrected chi connectivity index (χ0v) is 16.2. The second-order valence-corrected chi connectivity index (χ2v) is 7.43. The highest BCUT2D eigenvalue weighted by atomic mass is 16.3. The standard InChI is InChI=1S/C22H28N3O2/c1-3-4-5-17-6-8-19(9-7-17)25-12-10-18(11-13-25)14-21-23-16(2)22(27)20(15-26)24-21/h6-9,18,27H,3-5,10-14H2,1-2H3. The number of aromatic hydroxyl groups is 1. The number of carbonyl (C=O) groups excluding carboxylic acids is 1. The first kappa shape index (κ1) is 19.3. The summed E-state index contributed by atoms with van der Waals surface area (Å²) in [6.07, 6.45) is 8.21. The van der Waals surface area contributed by atoms with Gasteiger partial charge in [0.05, 0.1) is 5.69 Å². The van der Waals surface area contributed by atoms with Gasteiger partial charge >= 0.3 is 0 Å². The molecule has 0 atom stereocenters. The van der Waals surface area contributed by atoms with E-state index in [9.17, 15) is 9.90 Å². The molecule has 1 aliphatic rings. The van der Waals surface area contributed by atoms with E-state index in [-0.39, 0.29) is 11.4 Å². The molecule has 1 saturated heterocycles. The summed E-state index contributed by atoms with van der Waals surface area (Å²) in [5, 5.41) is 9.76. The van der Waals surface area contributed by atoms with Crippen LogP contribution in [0.5, 0.6) is 5.75 Å². The second-order valence-electron chi connectivity index (χ2n) is 7.43. The molecule has 2 heterocycles. The van der Waals surface area contributed by atoms with Crippen LogP contribution in [-0.4, -0.2) is 34.5 Å². The van der Waals surface area contributed by atoms with Crippen LogP contribution in [0, 0.1) is 12.8 Å². The first-order chi connectivity index (χ1) is 13.1. The van der Waals surface area contributed by atoms with Gasteiger partial charge < -0.3 is 10.0 Å². The minimum absolute atomic E-state index is 0.0295. The van der Waals surface area contributed by atoms with E-state index < -0.39 is 0 Å². The third-order valence-electron chi connectivity index (χ3n) is 5.41. The van der Waals surface area contributed by atoms with Gasteiger partial charge in [0.2, 0.25) is 0 Å². The van der Waals surface area contributed by atoms with Crippen molar-refractivity contribution in [2.24, 2.45) is 5.92 Å². The molecule has 0 spiro atoms. The van der Waals surface area contributed by atoms with Gasteiger partial charge in [-0.15, -0.1) is 0 Å². The van der Waals surface area contributed by atoms with Gasteiger partial charge in [0, 0.05) is 25.2 Å². The molecule has 1 aromatic heterocycles. The SMILES string of the molecule is CCCCc1ccc(N2CCC(Cc3nc(C)c(O)c([C]=O)n3)CC2)cc1. The highest BCUT2D eigenvalue weighted by Crippen LogP contribution is 2.26. The number of aryl methyl sites for hydroxylation is 2. The van der Waals surface area contributed by atoms with Crippen LogP contribution >= 0.6 is 0 Å². The smallest absolute Gasteiger partial charge is 0.257 e. The van der Waals surface area contributed by atoms with Gasteiger partial charge in [0.1, 0.15) is 5.82 Å². The summed E-state index contributed by atoms with van der Waals surface area (Å²) in [5.74, 6) is 0.960. The molecule has 0 amide bonds. The molecule has 0 aliphatic carbocycles. The first-order valence-corrected chi connectivity index (χ1v) is 9.89. The van der Waals surface area contributed by atoms with E-state index in [1.807, 2.05) is 0 Å². The summed E-state index contributed by atoms with van der Waals surface area (Å²) in [7, 11) is 0. The molecule has 143 valence electrons. The van der Waals surface area contributed by atoms with Gasteiger partial charge in [-0.05, 0) is 56.2 Å². The molecule has 1 fully saturated rings. The lowest BCUT2D eigenvalue weighted by Crippen LogP contribution is -2.34. The highest BCUT2D eigenvalue weighted by Gasteiger charge is 2.22. The predicted octanol–water partition coefficient (Wildman–Crippen LogP) is 3.75. The van der Waals surface area contributed by atoms with E-state index in [1.54, 1.807) is 13.2 Å². The first-order valence-electron chi connectivity index (χ1n) is 9.89. The second kappa shape index (κ2) is 8.98. The molecule has 1 aromatic carbocycles. The Morgan fingerprint density at radius 1 is 1.19 bits per heavy atom. The summed E-state index contributed by atoms with van der Waals surface area (Å²) in [6.45, 7) is 5.95. The Morgan fingerprint density at radius 2 is 1.89 bits per heavy atom. The minimum atomic E-state index is -0.161. The van der Waals surface area contributed by atoms with Crippen molar-refractivity contribution < 1.29 is 9.90 Å². The molecule has 2 aromatic rings. The molecular weight excluding hydrogens is 338 g/mol. The van der Waals surface area contributed by atoms with E-state index in [4.69, 9.17) is 0 Å². The number of hydrogen-bond acceptors (Lipinski definition) is 5. The Balaban J connectivity index is 1.56. The Bertz CT molecular complexity index is 766. The lowest BCUT2D eigenvalue weighted by molar-refractivity contribution is 0.394. The average Bonchev–Trinajstić information content (AvgIpc) is 2.70. The summed E-state index contributed by atoms with van der Waals surface area (Å²) in [5.41, 5.74) is 3.12. The van der Waals surface area contributed by atoms with E-state index in [1.165, 1.54) is 24.1 Å². The third-order valence-corrected chi connectivity index (χ3v) is 5.41. The summed E-state index contributed by atoms with van der Waals surface area (Å²) in [6, 6.07) is 8.98. The maximum Gasteiger partial charge on any atom is 0.257 e. The summed E-state index contributed by atoms with van der Waals surface area (Å²) in [4.78, 5) is 21.9. The number of aromatic nitrogens is 2. The lowest BCUT2D eigenvalue weighted by Gasteiger charge is -2.33. The number of hydrogen-bond donors (Lipinski definition) is 1. The number of rotatable bonds is 7. The largest absolute Gasteiger partial charge is 0.504 e. The van der Waals surface area contributed by atoms with Gasteiger partial charge in [-0.1, -0.05) is 25.5 Å². The van der Waals surface area contributed by atoms with Gasteiger partial charge in [-0.3, -0.25) is 4.79 Å². The third kappa shape index (κ3) is 4.85. The number of anilines is 1. The Labute approximate surface area is 161 Å². The molecule has 3 rings (SSSR count). The Kier molecular flexibility index (Phi) is 6.43. The van der Waals surface area contributed by atoms with Crippen LogP contribution in [0.2, 0.25) is 0 Å². The predicted molar refractivity (Wildman–Crippen MR) is 107 cm³/mol. The molecule has 1 aliphatic heterocycles. The normalized spacial score (nSPS) is 15.1. The monoisotopic (exact) mass is 366 g/mol. The van der Waals surface area contributed by atoms with Crippen LogP contribution in [0.4, 0.5) is 5.69 Å². The molecule has 5 heteroatoms. The Morgan fingerprint density at radius 3 is 2.52 bits per heavy atom. The topological polar surface area (TPSA) is 66.3 Å². The van der Waals surface area contributed by atoms with Crippen LogP contribution in [0.1, 0.15) is 55.4 Å². The molecular formula is C22H28N3O2. The Hall–Kier alpha value is -2.43. The van der Waals surface area contributed by atoms with Crippen LogP contribution in [0.25, 0.3) is 0 Å². The molecule has 5 nitrogen and oxygen atoms in total. The van der Waals surface area contributed by atoms with Crippen LogP contribution in [-0.2, 0) is 17.6 Å². The van der Waals surface area contributed by atoms with Gasteiger partial charge in [-0.2, -0.15) is 0 Å². The van der Waals surface area contributed by atoms with E-state index >= 15 is 0 Å². The van der Waals surface area contributed by atoms with Gasteiger partial charge in [0.15, 0.2) is 11.4 Å². The van der Waals surface area contributed by atoms with Crippen molar-refractivity contribution in [1.29, 1.82) is 0 Å². The number of nitrogens with zero attached hydrogens (tertiary/aromatic N) is 3. The number of benzene rings is 1. The molecule has 1 radical (unpaired) electrons. The molecule has 1 N–H and O–H groups in total. The van der Waals surface area contributed by atoms with Gasteiger partial charge in [-0.25, -0.2) is 9.97 Å². The fraction of sp³-hybridized carbons (Fsp3) is 0.500. The van der Waals surface area contributed by atoms with Crippen molar-refractivity contribution in [3.05, 3.63) is 47.0 Å². The van der Waals surface area contributed by atoms with Crippen molar-refractivity contribution in [1.82, 2.24) is 9.97 Å². The van der Waals surface area contributed by atoms with Crippen molar-refractivity contribution in [2.45, 2.75) is 52.4 Å². The van der Waals surface area contributed by atoms with Crippen molar-refractivity contribution in [3.8, 4) is 5.75 Å². The molecule has 27 heavy (non-hydrogen) atoms. The highest BCUT2D eigenvalue weighted by molar-refractivity contribution is 5.76. The zero-order chi connectivity index (χ0) is 19.2. The van der Waals surface area contributed by atoms with Gasteiger partial charge in [0.25, 0.3) is 6.29 Å². The maximum absolute atomic E-state index is 10.9. The quantitative estimate of drug-likeness (QED) is 0.808. The van der Waals surface area contributed by atoms with Crippen molar-refractivity contribution >= 4 is 12.0 Å². The maximum atomic E-state index is 10.9. The molecule has 0 unspecified atom stereocenters. The summed E-state index contributed by atoms with van der Waals surface area (Å²) >= 11 is 0. The van der Waals surface area contributed by atoms with Crippen LogP contribution < -0.4 is 4.90 Å². The van der Waals surface area contributed by atoms with Crippen molar-refractivity contribution in [2.75, 3.05) is 18.0 Å². The number of piperidine rings is 1. The fourth-order valence-corrected chi connectivity index (χ4v) is 3.70. The van der Waals surface area contributed by atoms with E-state index in [2.05, 4.69) is 46.1 Å². The minimum Gasteiger partial charge on any atom is -0.504 e. The van der Waals surface area contributed by atoms with E-state index in [0.29, 0.717) is 17.4 Å². The van der Waals surface area contributed by atoms with Crippen LogP contribution in [0.3, 0.4) is 0 Å². The molecule has 0 bridgehead atoms. The van der Waals surface area contributed by atoms with E-state index in [0.717, 1.165) is 38.8 Å². The molecule has 0 saturated carbocycles. The van der Waals surface area contributed by atoms with Crippen molar-refractivity contribution in [3.63, 3.8) is 0 Å². The average molecular weight is 366 g/mol.